The Morgan fingerprint density at radius 3 is 0.556 bits per heavy atom. The monoisotopic (exact) mass is 724 g/mol. The number of hydrogen-bond donors (Lipinski definition) is 0. The third-order valence-corrected chi connectivity index (χ3v) is 11.5. The number of allylic oxidation sites excluding steroid dienone is 4. The molecule has 0 nitrogen and oxygen atoms in total. The van der Waals surface area contributed by atoms with Crippen LogP contribution in [0.15, 0.2) is 206 Å². The molecule has 0 atom stereocenters. The van der Waals surface area contributed by atoms with Gasteiger partial charge in [0.15, 0.2) is 0 Å². The van der Waals surface area contributed by atoms with Crippen molar-refractivity contribution < 1.29 is 19.5 Å². The summed E-state index contributed by atoms with van der Waals surface area (Å²) in [6.45, 7) is 0. The third kappa shape index (κ3) is 11.2. The van der Waals surface area contributed by atoms with Gasteiger partial charge in [-0.25, -0.2) is 0 Å². The quantitative estimate of drug-likeness (QED) is 0.0729. The van der Waals surface area contributed by atoms with E-state index in [4.69, 9.17) is 0 Å². The summed E-state index contributed by atoms with van der Waals surface area (Å²) in [4.78, 5) is 0. The van der Waals surface area contributed by atoms with Crippen LogP contribution in [0.1, 0.15) is 0 Å². The summed E-state index contributed by atoms with van der Waals surface area (Å²) in [6, 6.07) is 64.7. The number of benzene rings is 6. The second kappa shape index (κ2) is 20.6. The summed E-state index contributed by atoms with van der Waals surface area (Å²) in [5.41, 5.74) is 0. The Hall–Kier alpha value is -3.37. The van der Waals surface area contributed by atoms with E-state index in [-0.39, 0.29) is 33.0 Å². The fraction of sp³-hybridized carbons (Fsp3) is 0. The van der Waals surface area contributed by atoms with Gasteiger partial charge in [-0.05, 0) is 47.7 Å². The predicted molar refractivity (Wildman–Crippen MR) is 202 cm³/mol. The molecule has 4 heteroatoms. The number of thiol groups is 1. The zero-order valence-electron chi connectivity index (χ0n) is 24.9. The van der Waals surface area contributed by atoms with Gasteiger partial charge < -0.3 is 13.5 Å². The molecule has 0 aliphatic heterocycles. The first-order valence-electron chi connectivity index (χ1n) is 14.5. The van der Waals surface area contributed by atoms with E-state index in [1.807, 2.05) is 30.7 Å². The Labute approximate surface area is 291 Å². The third-order valence-electron chi connectivity index (χ3n) is 6.64. The average Bonchev–Trinajstić information content (AvgIpc) is 3.69. The molecular formula is C41H36P2RuS. The van der Waals surface area contributed by atoms with Crippen molar-refractivity contribution >= 4 is 61.2 Å². The van der Waals surface area contributed by atoms with E-state index >= 15 is 0 Å². The second-order valence-corrected chi connectivity index (χ2v) is 14.1. The van der Waals surface area contributed by atoms with Gasteiger partial charge in [0.2, 0.25) is 0 Å². The van der Waals surface area contributed by atoms with Crippen molar-refractivity contribution in [3.05, 3.63) is 213 Å². The Balaban J connectivity index is 0.000000204. The van der Waals surface area contributed by atoms with Gasteiger partial charge in [-0.15, -0.1) is 0 Å². The molecule has 0 bridgehead atoms. The minimum absolute atomic E-state index is 0. The maximum absolute atomic E-state index is 2.23. The molecule has 0 saturated carbocycles. The van der Waals surface area contributed by atoms with Crippen LogP contribution < -0.4 is 31.8 Å². The first-order valence-corrected chi connectivity index (χ1v) is 17.2. The zero-order chi connectivity index (χ0) is 29.4. The van der Waals surface area contributed by atoms with Crippen LogP contribution in [0.2, 0.25) is 0 Å². The van der Waals surface area contributed by atoms with Crippen molar-refractivity contribution in [2.24, 2.45) is 0 Å². The summed E-state index contributed by atoms with van der Waals surface area (Å²) < 4.78 is 0. The molecule has 45 heavy (non-hydrogen) atoms. The van der Waals surface area contributed by atoms with Crippen LogP contribution in [-0.2, 0) is 33.0 Å². The normalized spacial score (nSPS) is 10.9. The van der Waals surface area contributed by atoms with Crippen LogP contribution in [-0.4, -0.2) is 0 Å². The molecule has 0 heterocycles. The molecule has 0 spiro atoms. The molecule has 6 aromatic carbocycles. The van der Waals surface area contributed by atoms with Crippen molar-refractivity contribution in [3.63, 3.8) is 0 Å². The molecule has 0 aromatic heterocycles. The Morgan fingerprint density at radius 1 is 0.244 bits per heavy atom. The summed E-state index contributed by atoms with van der Waals surface area (Å²) >= 11 is 0. The maximum Gasteiger partial charge on any atom is 1.00 e. The SMILES string of the molecule is [CH]1C=CC=C1.[Ru+].[SH-].c1ccc(P(c2ccccc2)c2ccccc2)cc1.c1ccc(P(c2ccccc2)c2ccccc2)cc1. The molecule has 224 valence electrons. The summed E-state index contributed by atoms with van der Waals surface area (Å²) in [6.07, 6.45) is 10.0. The molecule has 0 saturated heterocycles. The molecule has 0 fully saturated rings. The smallest absolute Gasteiger partial charge is 0.813 e. The standard InChI is InChI=1S/2C18H15P.C5H5.Ru.H2S/c2*1-4-10-16(11-5-1)19(17-12-6-2-7-13-17)18-14-8-3-9-15-18;1-2-4-5-3-1;;/h2*1-15H;1-5H;;1H2/q;;;+1;/p-1. The fourth-order valence-electron chi connectivity index (χ4n) is 4.68. The van der Waals surface area contributed by atoms with E-state index in [2.05, 4.69) is 182 Å². The van der Waals surface area contributed by atoms with Crippen molar-refractivity contribution in [2.45, 2.75) is 0 Å². The van der Waals surface area contributed by atoms with E-state index in [9.17, 15) is 0 Å². The molecule has 2 radical (unpaired) electrons. The zero-order valence-corrected chi connectivity index (χ0v) is 29.3. The van der Waals surface area contributed by atoms with Gasteiger partial charge in [-0.2, -0.15) is 0 Å². The Morgan fingerprint density at radius 2 is 0.422 bits per heavy atom. The van der Waals surface area contributed by atoms with Crippen LogP contribution in [0.25, 0.3) is 0 Å². The summed E-state index contributed by atoms with van der Waals surface area (Å²) in [5, 5.41) is 8.39. The van der Waals surface area contributed by atoms with Gasteiger partial charge >= 0.3 is 19.5 Å². The minimum atomic E-state index is -0.446. The molecule has 1 aliphatic rings. The molecule has 0 unspecified atom stereocenters. The van der Waals surface area contributed by atoms with Crippen LogP contribution in [0.3, 0.4) is 0 Å². The number of hydrogen-bond acceptors (Lipinski definition) is 1. The number of rotatable bonds is 6. The van der Waals surface area contributed by atoms with Crippen molar-refractivity contribution in [2.75, 3.05) is 0 Å². The molecule has 6 aromatic rings. The topological polar surface area (TPSA) is 0 Å². The van der Waals surface area contributed by atoms with E-state index in [0.29, 0.717) is 0 Å². The fourth-order valence-corrected chi connectivity index (χ4v) is 9.29. The van der Waals surface area contributed by atoms with Crippen molar-refractivity contribution in [1.82, 2.24) is 0 Å². The van der Waals surface area contributed by atoms with Gasteiger partial charge in [-0.1, -0.05) is 206 Å². The minimum Gasteiger partial charge on any atom is -0.813 e. The van der Waals surface area contributed by atoms with E-state index in [1.165, 1.54) is 31.8 Å². The van der Waals surface area contributed by atoms with Gasteiger partial charge in [0.05, 0.1) is 0 Å². The van der Waals surface area contributed by atoms with Crippen molar-refractivity contribution in [1.29, 1.82) is 0 Å². The van der Waals surface area contributed by atoms with Gasteiger partial charge in [0.25, 0.3) is 0 Å². The maximum atomic E-state index is 2.23. The largest absolute Gasteiger partial charge is 1.00 e. The molecular weight excluding hydrogens is 688 g/mol. The van der Waals surface area contributed by atoms with Gasteiger partial charge in [0.1, 0.15) is 0 Å². The summed E-state index contributed by atoms with van der Waals surface area (Å²) in [5.74, 6) is 0. The Kier molecular flexibility index (Phi) is 16.5. The van der Waals surface area contributed by atoms with Crippen LogP contribution in [0.4, 0.5) is 0 Å². The molecule has 1 aliphatic carbocycles. The summed E-state index contributed by atoms with van der Waals surface area (Å²) in [7, 11) is -0.892. The van der Waals surface area contributed by atoms with Gasteiger partial charge in [0, 0.05) is 6.42 Å². The van der Waals surface area contributed by atoms with Crippen molar-refractivity contribution in [3.8, 4) is 0 Å². The van der Waals surface area contributed by atoms with Crippen LogP contribution in [0, 0.1) is 6.42 Å². The molecule has 0 N–H and O–H groups in total. The first-order chi connectivity index (χ1) is 21.4. The first kappa shape index (κ1) is 36.1. The molecule has 7 rings (SSSR count). The van der Waals surface area contributed by atoms with Gasteiger partial charge in [-0.3, -0.25) is 0 Å². The van der Waals surface area contributed by atoms with Crippen LogP contribution >= 0.6 is 15.8 Å². The van der Waals surface area contributed by atoms with E-state index in [1.54, 1.807) is 0 Å². The van der Waals surface area contributed by atoms with E-state index < -0.39 is 15.8 Å². The van der Waals surface area contributed by atoms with Crippen LogP contribution in [0.5, 0.6) is 0 Å². The predicted octanol–water partition coefficient (Wildman–Crippen LogP) is 7.93. The second-order valence-electron chi connectivity index (χ2n) is 9.65. The average molecular weight is 724 g/mol. The Bertz CT molecular complexity index is 1350. The molecule has 0 amide bonds. The van der Waals surface area contributed by atoms with E-state index in [0.717, 1.165) is 0 Å².